The second-order valence-corrected chi connectivity index (χ2v) is 11.3. The Balaban J connectivity index is 1.53. The van der Waals surface area contributed by atoms with Crippen LogP contribution in [0.5, 0.6) is 0 Å². The van der Waals surface area contributed by atoms with Crippen LogP contribution in [0.3, 0.4) is 0 Å². The molecule has 1 saturated heterocycles. The van der Waals surface area contributed by atoms with Crippen LogP contribution >= 0.6 is 0 Å². The molecule has 2 N–H and O–H groups in total. The van der Waals surface area contributed by atoms with E-state index in [0.717, 1.165) is 70.8 Å². The molecule has 216 valence electrons. The fraction of sp³-hybridized carbons (Fsp3) is 0.406. The second-order valence-electron chi connectivity index (χ2n) is 11.3. The number of anilines is 1. The van der Waals surface area contributed by atoms with Gasteiger partial charge in [0.15, 0.2) is 0 Å². The van der Waals surface area contributed by atoms with Crippen LogP contribution in [0.15, 0.2) is 47.5 Å². The van der Waals surface area contributed by atoms with Gasteiger partial charge in [0.25, 0.3) is 11.5 Å². The number of piperazine rings is 1. The SMILES string of the molecule is COCC(C)n1cc(C)c2c(C(=O)NCc3c(C)cc(C)[nH]c3=O)cc(-c3ccc(N4CCN(C)CC4)nc3)cc21. The van der Waals surface area contributed by atoms with E-state index >= 15 is 0 Å². The largest absolute Gasteiger partial charge is 0.383 e. The second kappa shape index (κ2) is 11.9. The average Bonchev–Trinajstić information content (AvgIpc) is 3.29. The van der Waals surface area contributed by atoms with Crippen molar-refractivity contribution < 1.29 is 9.53 Å². The Hall–Kier alpha value is -3.95. The summed E-state index contributed by atoms with van der Waals surface area (Å²) in [5.41, 5.74) is 6.42. The number of carbonyl (C=O) groups excluding carboxylic acids is 1. The van der Waals surface area contributed by atoms with Crippen molar-refractivity contribution in [2.24, 2.45) is 0 Å². The monoisotopic (exact) mass is 556 g/mol. The molecule has 5 rings (SSSR count). The third kappa shape index (κ3) is 5.92. The lowest BCUT2D eigenvalue weighted by Gasteiger charge is -2.33. The number of H-pyrrole nitrogens is 1. The Morgan fingerprint density at radius 3 is 2.49 bits per heavy atom. The van der Waals surface area contributed by atoms with Gasteiger partial charge < -0.3 is 29.4 Å². The van der Waals surface area contributed by atoms with Crippen LogP contribution in [0, 0.1) is 20.8 Å². The molecule has 41 heavy (non-hydrogen) atoms. The first-order chi connectivity index (χ1) is 19.7. The number of nitrogens with one attached hydrogen (secondary N) is 2. The van der Waals surface area contributed by atoms with E-state index in [1.807, 2.05) is 39.1 Å². The van der Waals surface area contributed by atoms with Gasteiger partial charge in [-0.2, -0.15) is 0 Å². The summed E-state index contributed by atoms with van der Waals surface area (Å²) in [6, 6.07) is 10.2. The Labute approximate surface area is 241 Å². The quantitative estimate of drug-likeness (QED) is 0.338. The summed E-state index contributed by atoms with van der Waals surface area (Å²) >= 11 is 0. The molecule has 9 nitrogen and oxygen atoms in total. The highest BCUT2D eigenvalue weighted by atomic mass is 16.5. The number of aromatic nitrogens is 3. The lowest BCUT2D eigenvalue weighted by molar-refractivity contribution is 0.0952. The Kier molecular flexibility index (Phi) is 8.28. The lowest BCUT2D eigenvalue weighted by atomic mass is 9.98. The number of ether oxygens (including phenoxy) is 1. The number of carbonyl (C=O) groups is 1. The molecule has 4 aromatic rings. The zero-order valence-corrected chi connectivity index (χ0v) is 24.9. The highest BCUT2D eigenvalue weighted by Crippen LogP contribution is 2.33. The highest BCUT2D eigenvalue weighted by molar-refractivity contribution is 6.09. The van der Waals surface area contributed by atoms with Gasteiger partial charge in [-0.25, -0.2) is 4.98 Å². The fourth-order valence-corrected chi connectivity index (χ4v) is 5.76. The summed E-state index contributed by atoms with van der Waals surface area (Å²) in [5, 5.41) is 3.91. The van der Waals surface area contributed by atoms with E-state index in [2.05, 4.69) is 63.0 Å². The predicted octanol–water partition coefficient (Wildman–Crippen LogP) is 4.21. The zero-order chi connectivity index (χ0) is 29.3. The number of pyridine rings is 2. The molecule has 3 aromatic heterocycles. The predicted molar refractivity (Wildman–Crippen MR) is 164 cm³/mol. The summed E-state index contributed by atoms with van der Waals surface area (Å²) < 4.78 is 7.63. The van der Waals surface area contributed by atoms with Crippen molar-refractivity contribution in [1.29, 1.82) is 0 Å². The van der Waals surface area contributed by atoms with Crippen molar-refractivity contribution in [3.8, 4) is 11.1 Å². The van der Waals surface area contributed by atoms with Crippen molar-refractivity contribution >= 4 is 22.6 Å². The Bertz CT molecular complexity index is 1610. The number of methoxy groups -OCH3 is 1. The number of nitrogens with zero attached hydrogens (tertiary/aromatic N) is 4. The van der Waals surface area contributed by atoms with Crippen molar-refractivity contribution in [3.05, 3.63) is 81.0 Å². The molecule has 0 bridgehead atoms. The average molecular weight is 557 g/mol. The number of hydrogen-bond donors (Lipinski definition) is 2. The Morgan fingerprint density at radius 2 is 1.83 bits per heavy atom. The van der Waals surface area contributed by atoms with E-state index < -0.39 is 0 Å². The highest BCUT2D eigenvalue weighted by Gasteiger charge is 2.21. The number of fused-ring (bicyclic) bond motifs is 1. The number of aryl methyl sites for hydroxylation is 3. The molecule has 0 aliphatic carbocycles. The molecule has 1 atom stereocenters. The third-order valence-electron chi connectivity index (χ3n) is 8.08. The summed E-state index contributed by atoms with van der Waals surface area (Å²) in [7, 11) is 3.84. The van der Waals surface area contributed by atoms with Gasteiger partial charge in [0, 0.05) is 80.0 Å². The molecule has 9 heteroatoms. The van der Waals surface area contributed by atoms with E-state index in [4.69, 9.17) is 9.72 Å². The topological polar surface area (TPSA) is 95.5 Å². The van der Waals surface area contributed by atoms with Crippen molar-refractivity contribution in [2.45, 2.75) is 40.3 Å². The normalized spacial score (nSPS) is 14.9. The third-order valence-corrected chi connectivity index (χ3v) is 8.08. The maximum atomic E-state index is 13.8. The van der Waals surface area contributed by atoms with Gasteiger partial charge >= 0.3 is 0 Å². The van der Waals surface area contributed by atoms with Gasteiger partial charge in [0.05, 0.1) is 18.2 Å². The van der Waals surface area contributed by atoms with Gasteiger partial charge in [-0.05, 0) is 81.8 Å². The van der Waals surface area contributed by atoms with Crippen LogP contribution in [-0.2, 0) is 11.3 Å². The van der Waals surface area contributed by atoms with Gasteiger partial charge in [0.1, 0.15) is 5.82 Å². The number of hydrogen-bond acceptors (Lipinski definition) is 6. The summed E-state index contributed by atoms with van der Waals surface area (Å²) in [6.45, 7) is 12.5. The standard InChI is InChI=1S/C32H40N6O3/c1-20-13-22(3)35-32(40)27(20)17-34-31(39)26-14-25(15-28-30(26)21(2)18-38(28)23(4)19-41-6)24-7-8-29(33-16-24)37-11-9-36(5)10-12-37/h7-8,13-16,18,23H,9-12,17,19H2,1-6H3,(H,34,39)(H,35,40). The van der Waals surface area contributed by atoms with E-state index in [9.17, 15) is 9.59 Å². The molecule has 0 radical (unpaired) electrons. The van der Waals surface area contributed by atoms with Gasteiger partial charge in [0.2, 0.25) is 0 Å². The molecule has 0 saturated carbocycles. The van der Waals surface area contributed by atoms with Crippen LogP contribution < -0.4 is 15.8 Å². The molecular weight excluding hydrogens is 516 g/mol. The van der Waals surface area contributed by atoms with Crippen LogP contribution in [0.4, 0.5) is 5.82 Å². The van der Waals surface area contributed by atoms with E-state index in [-0.39, 0.29) is 24.1 Å². The zero-order valence-electron chi connectivity index (χ0n) is 24.9. The number of amides is 1. The maximum absolute atomic E-state index is 13.8. The van der Waals surface area contributed by atoms with Crippen molar-refractivity contribution in [2.75, 3.05) is 51.8 Å². The van der Waals surface area contributed by atoms with Gasteiger partial charge in [-0.3, -0.25) is 9.59 Å². The number of aromatic amines is 1. The number of benzene rings is 1. The summed E-state index contributed by atoms with van der Waals surface area (Å²) in [5.74, 6) is 0.742. The van der Waals surface area contributed by atoms with Gasteiger partial charge in [-0.1, -0.05) is 0 Å². The van der Waals surface area contributed by atoms with E-state index in [1.54, 1.807) is 7.11 Å². The minimum absolute atomic E-state index is 0.0776. The lowest BCUT2D eigenvalue weighted by Crippen LogP contribution is -2.44. The molecule has 1 aliphatic heterocycles. The van der Waals surface area contributed by atoms with E-state index in [1.165, 1.54) is 0 Å². The van der Waals surface area contributed by atoms with Crippen molar-refractivity contribution in [1.82, 2.24) is 24.8 Å². The first kappa shape index (κ1) is 28.6. The number of rotatable bonds is 8. The van der Waals surface area contributed by atoms with E-state index in [0.29, 0.717) is 17.7 Å². The molecular formula is C32H40N6O3. The molecule has 1 aromatic carbocycles. The first-order valence-corrected chi connectivity index (χ1v) is 14.2. The molecule has 0 spiro atoms. The minimum Gasteiger partial charge on any atom is -0.383 e. The van der Waals surface area contributed by atoms with Crippen LogP contribution in [0.1, 0.15) is 45.7 Å². The molecule has 1 amide bonds. The maximum Gasteiger partial charge on any atom is 0.253 e. The first-order valence-electron chi connectivity index (χ1n) is 14.2. The molecule has 1 aliphatic rings. The summed E-state index contributed by atoms with van der Waals surface area (Å²) in [4.78, 5) is 38.6. The molecule has 1 fully saturated rings. The fourth-order valence-electron chi connectivity index (χ4n) is 5.76. The van der Waals surface area contributed by atoms with Crippen LogP contribution in [-0.4, -0.2) is 72.3 Å². The number of likely N-dealkylation sites (N-methyl/N-ethyl adjacent to an activating group) is 1. The summed E-state index contributed by atoms with van der Waals surface area (Å²) in [6.07, 6.45) is 3.98. The van der Waals surface area contributed by atoms with Crippen LogP contribution in [0.25, 0.3) is 22.0 Å². The minimum atomic E-state index is -0.224. The van der Waals surface area contributed by atoms with Crippen molar-refractivity contribution in [3.63, 3.8) is 0 Å². The molecule has 1 unspecified atom stereocenters. The smallest absolute Gasteiger partial charge is 0.253 e. The molecule has 4 heterocycles. The van der Waals surface area contributed by atoms with Crippen LogP contribution in [0.2, 0.25) is 0 Å². The Morgan fingerprint density at radius 1 is 1.07 bits per heavy atom. The van der Waals surface area contributed by atoms with Gasteiger partial charge in [-0.15, -0.1) is 0 Å².